The monoisotopic (exact) mass is 309 g/mol. The second-order valence-electron chi connectivity index (χ2n) is 5.78. The molecule has 0 bridgehead atoms. The maximum absolute atomic E-state index is 6.09. The van der Waals surface area contributed by atoms with Gasteiger partial charge in [-0.05, 0) is 42.9 Å². The first-order chi connectivity index (χ1) is 10.1. The Hall–Kier alpha value is -1.42. The van der Waals surface area contributed by atoms with Gasteiger partial charge in [0.15, 0.2) is 5.96 Å². The topological polar surface area (TPSA) is 59.6 Å². The molecule has 1 aromatic rings. The van der Waals surface area contributed by atoms with E-state index in [0.717, 1.165) is 12.2 Å². The van der Waals surface area contributed by atoms with Crippen LogP contribution in [0.1, 0.15) is 39.0 Å². The zero-order chi connectivity index (χ0) is 15.3. The fourth-order valence-electron chi connectivity index (χ4n) is 2.88. The quantitative estimate of drug-likeness (QED) is 0.615. The summed E-state index contributed by atoms with van der Waals surface area (Å²) in [6, 6.07) is 5.47. The molecule has 0 radical (unpaired) electrons. The molecule has 0 unspecified atom stereocenters. The highest BCUT2D eigenvalue weighted by Gasteiger charge is 2.35. The lowest BCUT2D eigenvalue weighted by Gasteiger charge is -2.40. The fourth-order valence-corrected chi connectivity index (χ4v) is 3.14. The van der Waals surface area contributed by atoms with E-state index in [2.05, 4.69) is 17.2 Å². The number of nitrogens with two attached hydrogens (primary N) is 1. The van der Waals surface area contributed by atoms with E-state index < -0.39 is 0 Å². The number of aliphatic imine (C=N–C) groups is 1. The Morgan fingerprint density at radius 3 is 2.76 bits per heavy atom. The molecule has 116 valence electrons. The predicted octanol–water partition coefficient (Wildman–Crippen LogP) is 4.05. The summed E-state index contributed by atoms with van der Waals surface area (Å²) in [6.45, 7) is 3.04. The number of nitrogens with zero attached hydrogens (tertiary/aromatic N) is 1. The number of benzene rings is 1. The van der Waals surface area contributed by atoms with Gasteiger partial charge in [-0.1, -0.05) is 31.4 Å². The van der Waals surface area contributed by atoms with Crippen LogP contribution in [0.3, 0.4) is 0 Å². The Morgan fingerprint density at radius 1 is 1.48 bits per heavy atom. The molecule has 1 aliphatic carbocycles. The summed E-state index contributed by atoms with van der Waals surface area (Å²) >= 11 is 6.09. The highest BCUT2D eigenvalue weighted by molar-refractivity contribution is 6.32. The van der Waals surface area contributed by atoms with Crippen molar-refractivity contribution in [3.8, 4) is 5.75 Å². The van der Waals surface area contributed by atoms with Crippen LogP contribution in [0.25, 0.3) is 0 Å². The fraction of sp³-hybridized carbons (Fsp3) is 0.562. The summed E-state index contributed by atoms with van der Waals surface area (Å²) in [5.41, 5.74) is 7.18. The highest BCUT2D eigenvalue weighted by Crippen LogP contribution is 2.44. The maximum atomic E-state index is 6.09. The molecule has 4 nitrogen and oxygen atoms in total. The minimum absolute atomic E-state index is 0.388. The van der Waals surface area contributed by atoms with Gasteiger partial charge < -0.3 is 15.8 Å². The minimum Gasteiger partial charge on any atom is -0.495 e. The van der Waals surface area contributed by atoms with E-state index in [1.54, 1.807) is 13.2 Å². The first-order valence-corrected chi connectivity index (χ1v) is 7.87. The van der Waals surface area contributed by atoms with Crippen LogP contribution in [-0.2, 0) is 0 Å². The van der Waals surface area contributed by atoms with Crippen LogP contribution in [0.15, 0.2) is 23.2 Å². The van der Waals surface area contributed by atoms with Gasteiger partial charge in [0.05, 0.1) is 12.1 Å². The number of guanidine groups is 1. The van der Waals surface area contributed by atoms with E-state index in [0.29, 0.717) is 22.1 Å². The van der Waals surface area contributed by atoms with Crippen molar-refractivity contribution in [2.24, 2.45) is 16.1 Å². The van der Waals surface area contributed by atoms with E-state index in [4.69, 9.17) is 22.1 Å². The lowest BCUT2D eigenvalue weighted by Crippen LogP contribution is -2.34. The van der Waals surface area contributed by atoms with Crippen molar-refractivity contribution in [3.63, 3.8) is 0 Å². The zero-order valence-electron chi connectivity index (χ0n) is 12.8. The van der Waals surface area contributed by atoms with Crippen LogP contribution < -0.4 is 15.8 Å². The Labute approximate surface area is 131 Å². The first kappa shape index (κ1) is 16.0. The molecule has 1 saturated carbocycles. The van der Waals surface area contributed by atoms with Gasteiger partial charge in [0.2, 0.25) is 0 Å². The molecule has 3 N–H and O–H groups in total. The number of halogens is 1. The molecule has 0 heterocycles. The molecule has 1 aromatic carbocycles. The number of methoxy groups -OCH3 is 1. The summed E-state index contributed by atoms with van der Waals surface area (Å²) in [5.74, 6) is 1.09. The molecule has 1 aliphatic rings. The molecule has 0 atom stereocenters. The summed E-state index contributed by atoms with van der Waals surface area (Å²) in [7, 11) is 1.59. The number of hydrogen-bond donors (Lipinski definition) is 2. The average Bonchev–Trinajstić information content (AvgIpc) is 2.42. The van der Waals surface area contributed by atoms with Gasteiger partial charge in [-0.25, -0.2) is 0 Å². The Morgan fingerprint density at radius 2 is 2.24 bits per heavy atom. The molecule has 0 spiro atoms. The van der Waals surface area contributed by atoms with Crippen molar-refractivity contribution in [3.05, 3.63) is 23.2 Å². The lowest BCUT2D eigenvalue weighted by atomic mass is 9.66. The minimum atomic E-state index is 0.388. The predicted molar refractivity (Wildman–Crippen MR) is 89.3 cm³/mol. The van der Waals surface area contributed by atoms with Crippen molar-refractivity contribution < 1.29 is 4.74 Å². The van der Waals surface area contributed by atoms with Crippen LogP contribution in [-0.4, -0.2) is 19.6 Å². The van der Waals surface area contributed by atoms with Crippen LogP contribution in [0.2, 0.25) is 5.02 Å². The third-order valence-corrected chi connectivity index (χ3v) is 4.50. The van der Waals surface area contributed by atoms with Gasteiger partial charge >= 0.3 is 0 Å². The summed E-state index contributed by atoms with van der Waals surface area (Å²) in [4.78, 5) is 4.51. The number of rotatable bonds is 6. The number of anilines is 1. The van der Waals surface area contributed by atoms with Gasteiger partial charge in [-0.2, -0.15) is 0 Å². The van der Waals surface area contributed by atoms with E-state index >= 15 is 0 Å². The molecule has 0 saturated heterocycles. The zero-order valence-corrected chi connectivity index (χ0v) is 13.5. The molecular formula is C16H24ClN3O. The van der Waals surface area contributed by atoms with Crippen LogP contribution in [0, 0.1) is 5.41 Å². The molecule has 2 rings (SSSR count). The average molecular weight is 310 g/mol. The molecular weight excluding hydrogens is 286 g/mol. The van der Waals surface area contributed by atoms with Crippen LogP contribution >= 0.6 is 11.6 Å². The second kappa shape index (κ2) is 7.03. The molecule has 0 aliphatic heterocycles. The van der Waals surface area contributed by atoms with E-state index in [-0.39, 0.29) is 0 Å². The summed E-state index contributed by atoms with van der Waals surface area (Å²) < 4.78 is 5.12. The molecule has 0 amide bonds. The van der Waals surface area contributed by atoms with Gasteiger partial charge in [0.1, 0.15) is 5.75 Å². The highest BCUT2D eigenvalue weighted by atomic mass is 35.5. The number of hydrogen-bond acceptors (Lipinski definition) is 2. The van der Waals surface area contributed by atoms with Crippen LogP contribution in [0.4, 0.5) is 5.69 Å². The third-order valence-electron chi connectivity index (χ3n) is 4.20. The van der Waals surface area contributed by atoms with Gasteiger partial charge in [0.25, 0.3) is 0 Å². The van der Waals surface area contributed by atoms with Crippen molar-refractivity contribution in [1.29, 1.82) is 0 Å². The number of nitrogens with one attached hydrogen (secondary N) is 1. The molecule has 1 fully saturated rings. The normalized spacial score (nSPS) is 17.2. The van der Waals surface area contributed by atoms with Crippen molar-refractivity contribution in [2.45, 2.75) is 39.0 Å². The van der Waals surface area contributed by atoms with Gasteiger partial charge in [-0.3, -0.25) is 4.99 Å². The molecule has 21 heavy (non-hydrogen) atoms. The SMILES string of the molecule is CCCC1(CN=C(N)Nc2ccc(OC)c(Cl)c2)CCC1. The first-order valence-electron chi connectivity index (χ1n) is 7.49. The Kier molecular flexibility index (Phi) is 5.34. The smallest absolute Gasteiger partial charge is 0.193 e. The molecule has 5 heteroatoms. The largest absolute Gasteiger partial charge is 0.495 e. The second-order valence-corrected chi connectivity index (χ2v) is 6.19. The van der Waals surface area contributed by atoms with Crippen molar-refractivity contribution >= 4 is 23.2 Å². The number of ether oxygens (including phenoxy) is 1. The van der Waals surface area contributed by atoms with E-state index in [1.807, 2.05) is 12.1 Å². The van der Waals surface area contributed by atoms with Gasteiger partial charge in [0, 0.05) is 12.2 Å². The standard InChI is InChI=1S/C16H24ClN3O/c1-3-7-16(8-4-9-16)11-19-15(18)20-12-5-6-14(21-2)13(17)10-12/h5-6,10H,3-4,7-9,11H2,1-2H3,(H3,18,19,20). The third kappa shape index (κ3) is 4.03. The lowest BCUT2D eigenvalue weighted by molar-refractivity contribution is 0.130. The van der Waals surface area contributed by atoms with Crippen LogP contribution in [0.5, 0.6) is 5.75 Å². The Bertz CT molecular complexity index is 512. The maximum Gasteiger partial charge on any atom is 0.193 e. The Balaban J connectivity index is 1.95. The van der Waals surface area contributed by atoms with E-state index in [9.17, 15) is 0 Å². The summed E-state index contributed by atoms with van der Waals surface area (Å²) in [6.07, 6.45) is 6.30. The van der Waals surface area contributed by atoms with Crippen molar-refractivity contribution in [1.82, 2.24) is 0 Å². The van der Waals surface area contributed by atoms with E-state index in [1.165, 1.54) is 32.1 Å². The summed E-state index contributed by atoms with van der Waals surface area (Å²) in [5, 5.41) is 3.64. The van der Waals surface area contributed by atoms with Crippen molar-refractivity contribution in [2.75, 3.05) is 19.0 Å². The van der Waals surface area contributed by atoms with Gasteiger partial charge in [-0.15, -0.1) is 0 Å². The molecule has 0 aromatic heterocycles.